The molecule has 1 atom stereocenters. The molecule has 0 saturated carbocycles. The van der Waals surface area contributed by atoms with Gasteiger partial charge in [0, 0.05) is 17.9 Å². The van der Waals surface area contributed by atoms with Crippen LogP contribution in [-0.2, 0) is 0 Å². The van der Waals surface area contributed by atoms with Crippen LogP contribution in [0.1, 0.15) is 24.2 Å². The molecule has 1 unspecified atom stereocenters. The normalized spacial score (nSPS) is 33.0. The third-order valence-electron chi connectivity index (χ3n) is 4.22. The van der Waals surface area contributed by atoms with Crippen LogP contribution in [0.15, 0.2) is 12.1 Å². The second-order valence-electron chi connectivity index (χ2n) is 5.33. The van der Waals surface area contributed by atoms with Gasteiger partial charge in [0.25, 0.3) is 0 Å². The molecule has 3 fully saturated rings. The quantitative estimate of drug-likeness (QED) is 0.817. The van der Waals surface area contributed by atoms with Crippen molar-refractivity contribution in [2.24, 2.45) is 5.92 Å². The lowest BCUT2D eigenvalue weighted by atomic mass is 9.84. The van der Waals surface area contributed by atoms with Gasteiger partial charge in [-0.3, -0.25) is 4.68 Å². The zero-order valence-corrected chi connectivity index (χ0v) is 10.2. The Kier molecular flexibility index (Phi) is 2.43. The molecular formula is C13H21N3. The summed E-state index contributed by atoms with van der Waals surface area (Å²) >= 11 is 0. The van der Waals surface area contributed by atoms with Gasteiger partial charge in [-0.2, -0.15) is 0 Å². The maximum atomic E-state index is 3.70. The molecule has 3 aliphatic heterocycles. The SMILES string of the molecule is Cc1ccc(C)n1NC1CN2CCC1CC2. The summed E-state index contributed by atoms with van der Waals surface area (Å²) in [7, 11) is 0. The smallest absolute Gasteiger partial charge is 0.0580 e. The van der Waals surface area contributed by atoms with Crippen molar-refractivity contribution in [3.05, 3.63) is 23.5 Å². The van der Waals surface area contributed by atoms with Gasteiger partial charge in [-0.25, -0.2) is 0 Å². The molecule has 1 aromatic heterocycles. The molecule has 0 radical (unpaired) electrons. The van der Waals surface area contributed by atoms with Crippen LogP contribution in [-0.4, -0.2) is 35.3 Å². The van der Waals surface area contributed by atoms with E-state index < -0.39 is 0 Å². The summed E-state index contributed by atoms with van der Waals surface area (Å²) in [6.45, 7) is 8.18. The van der Waals surface area contributed by atoms with Gasteiger partial charge in [0.05, 0.1) is 6.04 Å². The van der Waals surface area contributed by atoms with Crippen molar-refractivity contribution in [2.75, 3.05) is 25.1 Å². The highest BCUT2D eigenvalue weighted by Crippen LogP contribution is 2.28. The minimum Gasteiger partial charge on any atom is -0.321 e. The Labute approximate surface area is 97.4 Å². The van der Waals surface area contributed by atoms with Gasteiger partial charge in [-0.15, -0.1) is 0 Å². The Bertz CT molecular complexity index is 355. The van der Waals surface area contributed by atoms with E-state index in [-0.39, 0.29) is 0 Å². The monoisotopic (exact) mass is 219 g/mol. The average molecular weight is 219 g/mol. The standard InChI is InChI=1S/C13H21N3/c1-10-3-4-11(2)16(10)14-13-9-15-7-5-12(13)6-8-15/h3-4,12-14H,5-9H2,1-2H3. The first-order valence-electron chi connectivity index (χ1n) is 6.38. The van der Waals surface area contributed by atoms with Gasteiger partial charge in [-0.05, 0) is 57.8 Å². The van der Waals surface area contributed by atoms with Gasteiger partial charge in [0.1, 0.15) is 0 Å². The summed E-state index contributed by atoms with van der Waals surface area (Å²) in [5.74, 6) is 0.881. The van der Waals surface area contributed by atoms with Crippen molar-refractivity contribution in [3.63, 3.8) is 0 Å². The van der Waals surface area contributed by atoms with Crippen molar-refractivity contribution >= 4 is 0 Å². The van der Waals surface area contributed by atoms with Gasteiger partial charge >= 0.3 is 0 Å². The molecule has 0 spiro atoms. The number of piperidine rings is 3. The molecule has 2 bridgehead atoms. The van der Waals surface area contributed by atoms with E-state index in [1.807, 2.05) is 0 Å². The maximum absolute atomic E-state index is 3.70. The summed E-state index contributed by atoms with van der Waals surface area (Å²) in [6, 6.07) is 5.01. The number of hydrogen-bond donors (Lipinski definition) is 1. The number of fused-ring (bicyclic) bond motifs is 3. The van der Waals surface area contributed by atoms with E-state index >= 15 is 0 Å². The zero-order chi connectivity index (χ0) is 11.1. The number of aromatic nitrogens is 1. The van der Waals surface area contributed by atoms with Crippen LogP contribution in [0.4, 0.5) is 0 Å². The van der Waals surface area contributed by atoms with E-state index in [1.165, 1.54) is 43.9 Å². The van der Waals surface area contributed by atoms with Gasteiger partial charge < -0.3 is 10.3 Å². The molecule has 4 rings (SSSR count). The van der Waals surface area contributed by atoms with Crippen LogP contribution in [0.2, 0.25) is 0 Å². The van der Waals surface area contributed by atoms with E-state index in [0.29, 0.717) is 6.04 Å². The van der Waals surface area contributed by atoms with Crippen LogP contribution >= 0.6 is 0 Å². The minimum absolute atomic E-state index is 0.646. The van der Waals surface area contributed by atoms with Crippen molar-refractivity contribution in [2.45, 2.75) is 32.7 Å². The Hall–Kier alpha value is -0.960. The van der Waals surface area contributed by atoms with E-state index in [4.69, 9.17) is 0 Å². The van der Waals surface area contributed by atoms with Crippen molar-refractivity contribution < 1.29 is 0 Å². The van der Waals surface area contributed by atoms with Gasteiger partial charge in [0.15, 0.2) is 0 Å². The van der Waals surface area contributed by atoms with Crippen LogP contribution in [0.5, 0.6) is 0 Å². The number of nitrogens with zero attached hydrogens (tertiary/aromatic N) is 2. The summed E-state index contributed by atoms with van der Waals surface area (Å²) < 4.78 is 2.26. The predicted molar refractivity (Wildman–Crippen MR) is 66.2 cm³/mol. The molecule has 0 aliphatic carbocycles. The second-order valence-corrected chi connectivity index (χ2v) is 5.33. The summed E-state index contributed by atoms with van der Waals surface area (Å²) in [5, 5.41) is 0. The molecule has 3 nitrogen and oxygen atoms in total. The highest BCUT2D eigenvalue weighted by atomic mass is 15.4. The lowest BCUT2D eigenvalue weighted by Gasteiger charge is -2.45. The van der Waals surface area contributed by atoms with Crippen LogP contribution in [0, 0.1) is 19.8 Å². The predicted octanol–water partition coefficient (Wildman–Crippen LogP) is 1.74. The molecular weight excluding hydrogens is 198 g/mol. The topological polar surface area (TPSA) is 20.2 Å². The van der Waals surface area contributed by atoms with Crippen molar-refractivity contribution in [3.8, 4) is 0 Å². The number of hydrogen-bond acceptors (Lipinski definition) is 2. The molecule has 0 aromatic carbocycles. The van der Waals surface area contributed by atoms with Crippen LogP contribution in [0.3, 0.4) is 0 Å². The van der Waals surface area contributed by atoms with E-state index in [1.54, 1.807) is 0 Å². The molecule has 1 aromatic rings. The molecule has 3 heteroatoms. The third-order valence-corrected chi connectivity index (χ3v) is 4.22. The molecule has 0 amide bonds. The first-order valence-corrected chi connectivity index (χ1v) is 6.38. The van der Waals surface area contributed by atoms with E-state index in [2.05, 4.69) is 41.0 Å². The Morgan fingerprint density at radius 2 is 1.75 bits per heavy atom. The molecule has 1 N–H and O–H groups in total. The lowest BCUT2D eigenvalue weighted by Crippen LogP contribution is -2.55. The first kappa shape index (κ1) is 10.2. The molecule has 88 valence electrons. The van der Waals surface area contributed by atoms with Crippen LogP contribution in [0.25, 0.3) is 0 Å². The average Bonchev–Trinajstić information content (AvgIpc) is 2.63. The highest BCUT2D eigenvalue weighted by Gasteiger charge is 2.34. The molecule has 4 heterocycles. The Morgan fingerprint density at radius 1 is 1.12 bits per heavy atom. The summed E-state index contributed by atoms with van der Waals surface area (Å²) in [6.07, 6.45) is 2.74. The van der Waals surface area contributed by atoms with Gasteiger partial charge in [0.2, 0.25) is 0 Å². The second kappa shape index (κ2) is 3.81. The maximum Gasteiger partial charge on any atom is 0.0580 e. The molecule has 3 aliphatic rings. The number of rotatable bonds is 2. The van der Waals surface area contributed by atoms with Gasteiger partial charge in [-0.1, -0.05) is 0 Å². The summed E-state index contributed by atoms with van der Waals surface area (Å²) in [5.41, 5.74) is 6.33. The fourth-order valence-electron chi connectivity index (χ4n) is 3.15. The largest absolute Gasteiger partial charge is 0.321 e. The van der Waals surface area contributed by atoms with Crippen molar-refractivity contribution in [1.82, 2.24) is 9.58 Å². The molecule has 3 saturated heterocycles. The zero-order valence-electron chi connectivity index (χ0n) is 10.2. The summed E-state index contributed by atoms with van der Waals surface area (Å²) in [4.78, 5) is 2.59. The lowest BCUT2D eigenvalue weighted by molar-refractivity contribution is 0.0922. The fourth-order valence-corrected chi connectivity index (χ4v) is 3.15. The van der Waals surface area contributed by atoms with Crippen LogP contribution < -0.4 is 5.43 Å². The third kappa shape index (κ3) is 1.63. The first-order chi connectivity index (χ1) is 7.74. The Morgan fingerprint density at radius 3 is 2.25 bits per heavy atom. The number of nitrogens with one attached hydrogen (secondary N) is 1. The van der Waals surface area contributed by atoms with E-state index in [9.17, 15) is 0 Å². The number of aryl methyl sites for hydroxylation is 2. The van der Waals surface area contributed by atoms with E-state index in [0.717, 1.165) is 5.92 Å². The van der Waals surface area contributed by atoms with Crippen molar-refractivity contribution in [1.29, 1.82) is 0 Å². The Balaban J connectivity index is 1.75. The highest BCUT2D eigenvalue weighted by molar-refractivity contribution is 5.16. The fraction of sp³-hybridized carbons (Fsp3) is 0.692. The minimum atomic E-state index is 0.646. The molecule has 16 heavy (non-hydrogen) atoms.